The van der Waals surface area contributed by atoms with Gasteiger partial charge in [0, 0.05) is 18.9 Å². The van der Waals surface area contributed by atoms with Crippen molar-refractivity contribution in [2.75, 3.05) is 24.7 Å². The molecule has 0 aliphatic carbocycles. The number of aliphatic hydroxyl groups excluding tert-OH is 1. The fourth-order valence-electron chi connectivity index (χ4n) is 0.901. The molecular formula is C9H20N2O5S2. The third-order valence-electron chi connectivity index (χ3n) is 1.55. The quantitative estimate of drug-likeness (QED) is 0.521. The lowest BCUT2D eigenvalue weighted by Gasteiger charge is -2.10. The fourth-order valence-corrected chi connectivity index (χ4v) is 2.52. The van der Waals surface area contributed by atoms with Crippen LogP contribution in [0.25, 0.3) is 0 Å². The van der Waals surface area contributed by atoms with E-state index in [1.165, 1.54) is 11.8 Å². The predicted molar refractivity (Wildman–Crippen MR) is 70.7 cm³/mol. The van der Waals surface area contributed by atoms with Crippen LogP contribution >= 0.6 is 11.8 Å². The van der Waals surface area contributed by atoms with Gasteiger partial charge in [-0.15, -0.1) is 0 Å². The van der Waals surface area contributed by atoms with Gasteiger partial charge in [0.15, 0.2) is 0 Å². The molecule has 0 aliphatic heterocycles. The van der Waals surface area contributed by atoms with Crippen molar-refractivity contribution in [1.29, 1.82) is 0 Å². The van der Waals surface area contributed by atoms with Crippen LogP contribution in [-0.4, -0.2) is 50.4 Å². The molecule has 0 heterocycles. The van der Waals surface area contributed by atoms with Gasteiger partial charge in [0.05, 0.1) is 6.10 Å². The number of thioether (sulfide) groups is 1. The molecular weight excluding hydrogens is 280 g/mol. The van der Waals surface area contributed by atoms with Gasteiger partial charge in [0.2, 0.25) is 0 Å². The Labute approximate surface area is 112 Å². The molecule has 0 bridgehead atoms. The van der Waals surface area contributed by atoms with E-state index in [9.17, 15) is 13.2 Å². The van der Waals surface area contributed by atoms with Crippen LogP contribution in [0.15, 0.2) is 0 Å². The van der Waals surface area contributed by atoms with Crippen LogP contribution in [0.4, 0.5) is 4.79 Å². The second-order valence-corrected chi connectivity index (χ2v) is 6.37. The van der Waals surface area contributed by atoms with E-state index in [-0.39, 0.29) is 19.3 Å². The van der Waals surface area contributed by atoms with E-state index in [1.54, 1.807) is 18.6 Å². The molecule has 0 aromatic heterocycles. The van der Waals surface area contributed by atoms with E-state index < -0.39 is 16.3 Å². The SMILES string of the molecule is CC(C)OC(=O)NS(=O)(=O)NCCSCCCO. The zero-order valence-corrected chi connectivity index (χ0v) is 12.1. The first-order valence-corrected chi connectivity index (χ1v) is 8.18. The Morgan fingerprint density at radius 2 is 2.06 bits per heavy atom. The van der Waals surface area contributed by atoms with Crippen LogP contribution in [0.1, 0.15) is 20.3 Å². The summed E-state index contributed by atoms with van der Waals surface area (Å²) in [5, 5.41) is 8.54. The molecule has 7 nitrogen and oxygen atoms in total. The smallest absolute Gasteiger partial charge is 0.422 e. The Kier molecular flexibility index (Phi) is 9.16. The molecule has 0 radical (unpaired) electrons. The minimum Gasteiger partial charge on any atom is -0.446 e. The van der Waals surface area contributed by atoms with Crippen LogP contribution in [0.2, 0.25) is 0 Å². The molecule has 1 amide bonds. The standard InChI is InChI=1S/C9H20N2O5S2/c1-8(2)16-9(13)11-18(14,15)10-4-7-17-6-3-5-12/h8,10,12H,3-7H2,1-2H3,(H,11,13). The van der Waals surface area contributed by atoms with E-state index in [4.69, 9.17) is 5.11 Å². The largest absolute Gasteiger partial charge is 0.446 e. The summed E-state index contributed by atoms with van der Waals surface area (Å²) in [5.41, 5.74) is 0. The van der Waals surface area contributed by atoms with Crippen molar-refractivity contribution in [3.8, 4) is 0 Å². The van der Waals surface area contributed by atoms with Gasteiger partial charge in [0.1, 0.15) is 0 Å². The molecule has 0 rings (SSSR count). The molecule has 0 aromatic carbocycles. The third kappa shape index (κ3) is 10.6. The molecule has 0 unspecified atom stereocenters. The van der Waals surface area contributed by atoms with Crippen molar-refractivity contribution in [2.24, 2.45) is 0 Å². The number of ether oxygens (including phenoxy) is 1. The van der Waals surface area contributed by atoms with Gasteiger partial charge < -0.3 is 9.84 Å². The average molecular weight is 300 g/mol. The predicted octanol–water partition coefficient (Wildman–Crippen LogP) is 0.0710. The summed E-state index contributed by atoms with van der Waals surface area (Å²) in [4.78, 5) is 11.1. The van der Waals surface area contributed by atoms with Crippen molar-refractivity contribution in [3.63, 3.8) is 0 Å². The van der Waals surface area contributed by atoms with Crippen LogP contribution in [0.3, 0.4) is 0 Å². The second-order valence-electron chi connectivity index (χ2n) is 3.64. The maximum absolute atomic E-state index is 11.3. The Hall–Kier alpha value is -0.510. The zero-order valence-electron chi connectivity index (χ0n) is 10.5. The van der Waals surface area contributed by atoms with Crippen molar-refractivity contribution in [1.82, 2.24) is 9.44 Å². The first-order chi connectivity index (χ1) is 8.37. The molecule has 0 fully saturated rings. The van der Waals surface area contributed by atoms with Crippen molar-refractivity contribution in [3.05, 3.63) is 0 Å². The van der Waals surface area contributed by atoms with Crippen molar-refractivity contribution >= 4 is 28.1 Å². The minimum atomic E-state index is -3.86. The number of carbonyl (C=O) groups excluding carboxylic acids is 1. The van der Waals surface area contributed by atoms with E-state index in [2.05, 4.69) is 9.46 Å². The van der Waals surface area contributed by atoms with Gasteiger partial charge >= 0.3 is 16.3 Å². The molecule has 0 atom stereocenters. The van der Waals surface area contributed by atoms with Gasteiger partial charge in [-0.05, 0) is 26.0 Å². The highest BCUT2D eigenvalue weighted by Gasteiger charge is 2.15. The highest BCUT2D eigenvalue weighted by molar-refractivity contribution is 7.99. The molecule has 0 spiro atoms. The summed E-state index contributed by atoms with van der Waals surface area (Å²) in [6.07, 6.45) is -0.698. The lowest BCUT2D eigenvalue weighted by atomic mass is 10.5. The Morgan fingerprint density at radius 3 is 2.61 bits per heavy atom. The second kappa shape index (κ2) is 9.42. The van der Waals surface area contributed by atoms with Gasteiger partial charge in [-0.25, -0.2) is 9.52 Å². The summed E-state index contributed by atoms with van der Waals surface area (Å²) >= 11 is 1.52. The average Bonchev–Trinajstić information content (AvgIpc) is 2.20. The molecule has 0 saturated carbocycles. The van der Waals surface area contributed by atoms with Gasteiger partial charge in [-0.2, -0.15) is 24.9 Å². The Bertz CT molecular complexity index is 332. The monoisotopic (exact) mass is 300 g/mol. The van der Waals surface area contributed by atoms with E-state index >= 15 is 0 Å². The maximum atomic E-state index is 11.3. The topological polar surface area (TPSA) is 105 Å². The highest BCUT2D eigenvalue weighted by atomic mass is 32.2. The summed E-state index contributed by atoms with van der Waals surface area (Å²) < 4.78 is 31.3. The van der Waals surface area contributed by atoms with E-state index in [0.717, 1.165) is 5.75 Å². The Balaban J connectivity index is 3.77. The van der Waals surface area contributed by atoms with Crippen molar-refractivity contribution in [2.45, 2.75) is 26.4 Å². The van der Waals surface area contributed by atoms with E-state index in [1.807, 2.05) is 0 Å². The minimum absolute atomic E-state index is 0.126. The number of aliphatic hydroxyl groups is 1. The van der Waals surface area contributed by atoms with Crippen LogP contribution < -0.4 is 9.44 Å². The number of amides is 1. The van der Waals surface area contributed by atoms with Crippen LogP contribution in [0.5, 0.6) is 0 Å². The van der Waals surface area contributed by atoms with Gasteiger partial charge in [-0.3, -0.25) is 0 Å². The third-order valence-corrected chi connectivity index (χ3v) is 3.64. The number of nitrogens with one attached hydrogen (secondary N) is 2. The fraction of sp³-hybridized carbons (Fsp3) is 0.889. The highest BCUT2D eigenvalue weighted by Crippen LogP contribution is 2.00. The number of hydrogen-bond acceptors (Lipinski definition) is 6. The van der Waals surface area contributed by atoms with Crippen LogP contribution in [0, 0.1) is 0 Å². The summed E-state index contributed by atoms with van der Waals surface area (Å²) in [6, 6.07) is 0. The number of carbonyl (C=O) groups is 1. The zero-order chi connectivity index (χ0) is 14.0. The number of rotatable bonds is 9. The number of hydrogen-bond donors (Lipinski definition) is 3. The lowest BCUT2D eigenvalue weighted by molar-refractivity contribution is 0.121. The van der Waals surface area contributed by atoms with Gasteiger partial charge in [0.25, 0.3) is 0 Å². The van der Waals surface area contributed by atoms with Crippen LogP contribution in [-0.2, 0) is 14.9 Å². The Morgan fingerprint density at radius 1 is 1.39 bits per heavy atom. The molecule has 3 N–H and O–H groups in total. The van der Waals surface area contributed by atoms with Crippen molar-refractivity contribution < 1.29 is 23.1 Å². The summed E-state index contributed by atoms with van der Waals surface area (Å²) in [5.74, 6) is 1.33. The van der Waals surface area contributed by atoms with Gasteiger partial charge in [-0.1, -0.05) is 0 Å². The molecule has 18 heavy (non-hydrogen) atoms. The molecule has 0 aliphatic rings. The normalized spacial score (nSPS) is 11.6. The molecule has 9 heteroatoms. The maximum Gasteiger partial charge on any atom is 0.422 e. The first-order valence-electron chi connectivity index (χ1n) is 5.54. The summed E-state index contributed by atoms with van der Waals surface area (Å²) in [6.45, 7) is 3.58. The van der Waals surface area contributed by atoms with E-state index in [0.29, 0.717) is 12.2 Å². The molecule has 108 valence electrons. The first kappa shape index (κ1) is 17.5. The molecule has 0 aromatic rings. The molecule has 0 saturated heterocycles. The summed E-state index contributed by atoms with van der Waals surface area (Å²) in [7, 11) is -3.86. The lowest BCUT2D eigenvalue weighted by Crippen LogP contribution is -2.42.